The fourth-order valence-corrected chi connectivity index (χ4v) is 2.17. The van der Waals surface area contributed by atoms with Crippen LogP contribution < -0.4 is 10.6 Å². The number of nitrogens with one attached hydrogen (secondary N) is 2. The molecule has 0 saturated carbocycles. The van der Waals surface area contributed by atoms with Gasteiger partial charge in [-0.05, 0) is 31.5 Å². The first-order valence-electron chi connectivity index (χ1n) is 6.86. The standard InChI is InChI=1S/C15H16Cl2N4O/c1-3-9(2)19-14(22)12-7-8-18-15(20-12)21-13-10(16)5-4-6-11(13)17/h4-9H,3H2,1-2H3,(H,19,22)(H,18,20,21). The van der Waals surface area contributed by atoms with E-state index in [9.17, 15) is 4.79 Å². The smallest absolute Gasteiger partial charge is 0.270 e. The molecule has 5 nitrogen and oxygen atoms in total. The van der Waals surface area contributed by atoms with Crippen LogP contribution in [0, 0.1) is 0 Å². The normalized spacial score (nSPS) is 11.8. The topological polar surface area (TPSA) is 66.9 Å². The molecule has 1 heterocycles. The van der Waals surface area contributed by atoms with Gasteiger partial charge in [0.15, 0.2) is 0 Å². The first-order chi connectivity index (χ1) is 10.5. The molecule has 0 aliphatic rings. The van der Waals surface area contributed by atoms with Gasteiger partial charge in [0.1, 0.15) is 5.69 Å². The fraction of sp³-hybridized carbons (Fsp3) is 0.267. The van der Waals surface area contributed by atoms with E-state index in [4.69, 9.17) is 23.2 Å². The molecule has 0 radical (unpaired) electrons. The minimum absolute atomic E-state index is 0.0805. The third kappa shape index (κ3) is 4.08. The van der Waals surface area contributed by atoms with E-state index in [-0.39, 0.29) is 23.6 Å². The minimum atomic E-state index is -0.245. The Morgan fingerprint density at radius 1 is 1.27 bits per heavy atom. The predicted octanol–water partition coefficient (Wildman–Crippen LogP) is 4.06. The highest BCUT2D eigenvalue weighted by Gasteiger charge is 2.12. The summed E-state index contributed by atoms with van der Waals surface area (Å²) in [4.78, 5) is 20.3. The van der Waals surface area contributed by atoms with Crippen molar-refractivity contribution in [2.24, 2.45) is 0 Å². The Bertz CT molecular complexity index is 658. The molecule has 0 saturated heterocycles. The molecule has 1 unspecified atom stereocenters. The van der Waals surface area contributed by atoms with Gasteiger partial charge in [0.25, 0.3) is 5.91 Å². The molecule has 0 aliphatic carbocycles. The lowest BCUT2D eigenvalue weighted by atomic mass is 10.2. The number of anilines is 2. The van der Waals surface area contributed by atoms with Crippen molar-refractivity contribution in [3.8, 4) is 0 Å². The monoisotopic (exact) mass is 338 g/mol. The number of carbonyl (C=O) groups is 1. The SMILES string of the molecule is CCC(C)NC(=O)c1ccnc(Nc2c(Cl)cccc2Cl)n1. The lowest BCUT2D eigenvalue weighted by Gasteiger charge is -2.12. The molecule has 7 heteroatoms. The van der Waals surface area contributed by atoms with Crippen LogP contribution in [0.3, 0.4) is 0 Å². The summed E-state index contributed by atoms with van der Waals surface area (Å²) in [6.07, 6.45) is 2.35. The Kier molecular flexibility index (Phi) is 5.57. The Morgan fingerprint density at radius 2 is 1.95 bits per heavy atom. The van der Waals surface area contributed by atoms with Crippen LogP contribution in [0.1, 0.15) is 30.8 Å². The summed E-state index contributed by atoms with van der Waals surface area (Å²) >= 11 is 12.2. The first kappa shape index (κ1) is 16.5. The molecule has 0 aliphatic heterocycles. The molecule has 2 N–H and O–H groups in total. The summed E-state index contributed by atoms with van der Waals surface area (Å²) in [7, 11) is 0. The van der Waals surface area contributed by atoms with Crippen molar-refractivity contribution >= 4 is 40.7 Å². The highest BCUT2D eigenvalue weighted by molar-refractivity contribution is 6.39. The number of halogens is 2. The van der Waals surface area contributed by atoms with Crippen LogP contribution in [0.25, 0.3) is 0 Å². The van der Waals surface area contributed by atoms with Crippen molar-refractivity contribution in [3.05, 3.63) is 46.2 Å². The average Bonchev–Trinajstić information content (AvgIpc) is 2.51. The summed E-state index contributed by atoms with van der Waals surface area (Å²) in [5.41, 5.74) is 0.784. The molecule has 2 rings (SSSR count). The predicted molar refractivity (Wildman–Crippen MR) is 89.0 cm³/mol. The molecule has 1 atom stereocenters. The Morgan fingerprint density at radius 3 is 2.59 bits per heavy atom. The molecule has 0 bridgehead atoms. The maximum Gasteiger partial charge on any atom is 0.270 e. The zero-order valence-electron chi connectivity index (χ0n) is 12.2. The molecule has 22 heavy (non-hydrogen) atoms. The van der Waals surface area contributed by atoms with Crippen molar-refractivity contribution in [2.45, 2.75) is 26.3 Å². The van der Waals surface area contributed by atoms with E-state index in [0.29, 0.717) is 15.7 Å². The van der Waals surface area contributed by atoms with E-state index < -0.39 is 0 Å². The number of benzene rings is 1. The van der Waals surface area contributed by atoms with Gasteiger partial charge in [0.2, 0.25) is 5.95 Å². The summed E-state index contributed by atoms with van der Waals surface area (Å²) in [6, 6.07) is 6.78. The lowest BCUT2D eigenvalue weighted by molar-refractivity contribution is 0.0934. The second-order valence-electron chi connectivity index (χ2n) is 4.77. The van der Waals surface area contributed by atoms with E-state index >= 15 is 0 Å². The van der Waals surface area contributed by atoms with Gasteiger partial charge in [0.05, 0.1) is 15.7 Å². The van der Waals surface area contributed by atoms with Crippen molar-refractivity contribution in [3.63, 3.8) is 0 Å². The van der Waals surface area contributed by atoms with Crippen molar-refractivity contribution in [1.29, 1.82) is 0 Å². The lowest BCUT2D eigenvalue weighted by Crippen LogP contribution is -2.32. The largest absolute Gasteiger partial charge is 0.348 e. The van der Waals surface area contributed by atoms with E-state index in [1.165, 1.54) is 6.20 Å². The van der Waals surface area contributed by atoms with Gasteiger partial charge in [-0.2, -0.15) is 0 Å². The van der Waals surface area contributed by atoms with Crippen LogP contribution >= 0.6 is 23.2 Å². The molecule has 2 aromatic rings. The number of carbonyl (C=O) groups excluding carboxylic acids is 1. The molecular weight excluding hydrogens is 323 g/mol. The Balaban J connectivity index is 2.20. The summed E-state index contributed by atoms with van der Waals surface area (Å²) in [5, 5.41) is 6.69. The zero-order valence-corrected chi connectivity index (χ0v) is 13.7. The van der Waals surface area contributed by atoms with Gasteiger partial charge >= 0.3 is 0 Å². The maximum absolute atomic E-state index is 12.1. The van der Waals surface area contributed by atoms with E-state index in [1.54, 1.807) is 24.3 Å². The zero-order chi connectivity index (χ0) is 16.1. The van der Waals surface area contributed by atoms with Gasteiger partial charge in [-0.3, -0.25) is 4.79 Å². The first-order valence-corrected chi connectivity index (χ1v) is 7.61. The number of nitrogens with zero attached hydrogens (tertiary/aromatic N) is 2. The fourth-order valence-electron chi connectivity index (χ4n) is 1.67. The molecule has 1 aromatic heterocycles. The molecule has 1 aromatic carbocycles. The molecule has 1 amide bonds. The molecular formula is C15H16Cl2N4O. The quantitative estimate of drug-likeness (QED) is 0.862. The summed E-state index contributed by atoms with van der Waals surface area (Å²) in [6.45, 7) is 3.93. The van der Waals surface area contributed by atoms with Crippen LogP contribution in [-0.4, -0.2) is 21.9 Å². The van der Waals surface area contributed by atoms with Crippen molar-refractivity contribution in [1.82, 2.24) is 15.3 Å². The van der Waals surface area contributed by atoms with Gasteiger partial charge in [-0.25, -0.2) is 9.97 Å². The number of hydrogen-bond acceptors (Lipinski definition) is 4. The number of amides is 1. The van der Waals surface area contributed by atoms with Gasteiger partial charge < -0.3 is 10.6 Å². The number of hydrogen-bond donors (Lipinski definition) is 2. The van der Waals surface area contributed by atoms with Crippen LogP contribution in [0.2, 0.25) is 10.0 Å². The van der Waals surface area contributed by atoms with E-state index in [0.717, 1.165) is 6.42 Å². The Hall–Kier alpha value is -1.85. The summed E-state index contributed by atoms with van der Waals surface area (Å²) in [5.74, 6) is 0.0110. The molecule has 0 fully saturated rings. The van der Waals surface area contributed by atoms with Gasteiger partial charge in [-0.1, -0.05) is 36.2 Å². The van der Waals surface area contributed by atoms with Crippen LogP contribution in [0.5, 0.6) is 0 Å². The van der Waals surface area contributed by atoms with E-state index in [1.807, 2.05) is 13.8 Å². The third-order valence-corrected chi connectivity index (χ3v) is 3.71. The molecule has 116 valence electrons. The van der Waals surface area contributed by atoms with Gasteiger partial charge in [-0.15, -0.1) is 0 Å². The molecule has 0 spiro atoms. The van der Waals surface area contributed by atoms with Crippen LogP contribution in [-0.2, 0) is 0 Å². The van der Waals surface area contributed by atoms with Crippen LogP contribution in [0.15, 0.2) is 30.5 Å². The Labute approximate surface area is 139 Å². The number of para-hydroxylation sites is 1. The summed E-state index contributed by atoms with van der Waals surface area (Å²) < 4.78 is 0. The van der Waals surface area contributed by atoms with E-state index in [2.05, 4.69) is 20.6 Å². The van der Waals surface area contributed by atoms with Crippen molar-refractivity contribution < 1.29 is 4.79 Å². The number of aromatic nitrogens is 2. The van der Waals surface area contributed by atoms with Gasteiger partial charge in [0, 0.05) is 12.2 Å². The second kappa shape index (κ2) is 7.42. The number of rotatable bonds is 5. The second-order valence-corrected chi connectivity index (χ2v) is 5.58. The van der Waals surface area contributed by atoms with Crippen LogP contribution in [0.4, 0.5) is 11.6 Å². The average molecular weight is 339 g/mol. The minimum Gasteiger partial charge on any atom is -0.348 e. The highest BCUT2D eigenvalue weighted by Crippen LogP contribution is 2.31. The maximum atomic E-state index is 12.1. The van der Waals surface area contributed by atoms with Crippen molar-refractivity contribution in [2.75, 3.05) is 5.32 Å². The highest BCUT2D eigenvalue weighted by atomic mass is 35.5. The third-order valence-electron chi connectivity index (χ3n) is 3.08.